The molecule has 0 aliphatic carbocycles. The molecule has 4 heteroatoms. The van der Waals surface area contributed by atoms with Crippen molar-refractivity contribution in [1.29, 1.82) is 0 Å². The minimum absolute atomic E-state index is 0.0807. The number of allylic oxidation sites excluding steroid dienone is 1. The highest BCUT2D eigenvalue weighted by Crippen LogP contribution is 2.38. The topological polar surface area (TPSA) is 66.8 Å². The van der Waals surface area contributed by atoms with Crippen molar-refractivity contribution in [3.05, 3.63) is 29.8 Å². The van der Waals surface area contributed by atoms with Crippen LogP contribution in [0.1, 0.15) is 22.8 Å². The highest BCUT2D eigenvalue weighted by molar-refractivity contribution is 6.00. The lowest BCUT2D eigenvalue weighted by Gasteiger charge is -2.12. The van der Waals surface area contributed by atoms with Crippen molar-refractivity contribution < 1.29 is 19.7 Å². The molecule has 0 bridgehead atoms. The van der Waals surface area contributed by atoms with Crippen LogP contribution in [0, 0.1) is 0 Å². The van der Waals surface area contributed by atoms with E-state index in [0.717, 1.165) is 0 Å². The molecule has 0 saturated heterocycles. The van der Waals surface area contributed by atoms with E-state index in [1.807, 2.05) is 0 Å². The van der Waals surface area contributed by atoms with Crippen LogP contribution in [0.25, 0.3) is 0 Å². The number of benzene rings is 1. The molecule has 0 saturated carbocycles. The summed E-state index contributed by atoms with van der Waals surface area (Å²) in [7, 11) is 1.37. The lowest BCUT2D eigenvalue weighted by atomic mass is 10.0. The van der Waals surface area contributed by atoms with Crippen LogP contribution in [0.3, 0.4) is 0 Å². The summed E-state index contributed by atoms with van der Waals surface area (Å²) < 4.78 is 4.93. The van der Waals surface area contributed by atoms with Crippen molar-refractivity contribution in [1.82, 2.24) is 0 Å². The SMILES string of the molecule is C=CCc1c(O)cc(OC)c(C(C)=O)c1O. The fourth-order valence-electron chi connectivity index (χ4n) is 1.52. The lowest BCUT2D eigenvalue weighted by Crippen LogP contribution is -2.01. The molecular weight excluding hydrogens is 208 g/mol. The van der Waals surface area contributed by atoms with E-state index in [0.29, 0.717) is 0 Å². The van der Waals surface area contributed by atoms with Gasteiger partial charge in [-0.05, 0) is 13.3 Å². The molecule has 0 radical (unpaired) electrons. The molecule has 2 N–H and O–H groups in total. The van der Waals surface area contributed by atoms with Crippen molar-refractivity contribution in [3.8, 4) is 17.2 Å². The van der Waals surface area contributed by atoms with Crippen LogP contribution in [-0.4, -0.2) is 23.1 Å². The average molecular weight is 222 g/mol. The third-order valence-electron chi connectivity index (χ3n) is 2.27. The van der Waals surface area contributed by atoms with Gasteiger partial charge in [0.2, 0.25) is 0 Å². The lowest BCUT2D eigenvalue weighted by molar-refractivity contribution is 0.101. The van der Waals surface area contributed by atoms with E-state index in [9.17, 15) is 15.0 Å². The summed E-state index contributed by atoms with van der Waals surface area (Å²) in [6.45, 7) is 4.84. The van der Waals surface area contributed by atoms with Gasteiger partial charge in [-0.3, -0.25) is 4.79 Å². The van der Waals surface area contributed by atoms with Crippen LogP contribution in [-0.2, 0) is 6.42 Å². The molecule has 1 aromatic carbocycles. The molecule has 16 heavy (non-hydrogen) atoms. The molecule has 0 unspecified atom stereocenters. The van der Waals surface area contributed by atoms with Crippen LogP contribution >= 0.6 is 0 Å². The van der Waals surface area contributed by atoms with Crippen LogP contribution in [0.15, 0.2) is 18.7 Å². The number of hydrogen-bond acceptors (Lipinski definition) is 4. The maximum Gasteiger partial charge on any atom is 0.167 e. The molecule has 4 nitrogen and oxygen atoms in total. The standard InChI is InChI=1S/C12H14O4/c1-4-5-8-9(14)6-10(16-3)11(7(2)13)12(8)15/h4,6,14-15H,1,5H2,2-3H3. The summed E-state index contributed by atoms with van der Waals surface area (Å²) in [6.07, 6.45) is 1.81. The first-order valence-corrected chi connectivity index (χ1v) is 4.76. The minimum Gasteiger partial charge on any atom is -0.507 e. The van der Waals surface area contributed by atoms with Crippen molar-refractivity contribution in [3.63, 3.8) is 0 Å². The monoisotopic (exact) mass is 222 g/mol. The fourth-order valence-corrected chi connectivity index (χ4v) is 1.52. The minimum atomic E-state index is -0.320. The molecule has 0 heterocycles. The summed E-state index contributed by atoms with van der Waals surface area (Å²) in [5.41, 5.74) is 0.359. The number of carbonyl (C=O) groups excluding carboxylic acids is 1. The predicted molar refractivity (Wildman–Crippen MR) is 60.2 cm³/mol. The Labute approximate surface area is 93.8 Å². The molecule has 0 spiro atoms. The Morgan fingerprint density at radius 3 is 2.62 bits per heavy atom. The number of methoxy groups -OCH3 is 1. The zero-order valence-electron chi connectivity index (χ0n) is 9.28. The Bertz CT molecular complexity index is 435. The van der Waals surface area contributed by atoms with Crippen LogP contribution < -0.4 is 4.74 Å². The predicted octanol–water partition coefficient (Wildman–Crippen LogP) is 2.04. The first-order chi connectivity index (χ1) is 7.52. The summed E-state index contributed by atoms with van der Waals surface area (Å²) >= 11 is 0. The van der Waals surface area contributed by atoms with Crippen LogP contribution in [0.2, 0.25) is 0 Å². The molecule has 0 atom stereocenters. The van der Waals surface area contributed by atoms with E-state index in [1.165, 1.54) is 26.2 Å². The second kappa shape index (κ2) is 4.70. The maximum absolute atomic E-state index is 11.4. The molecule has 1 aromatic rings. The van der Waals surface area contributed by atoms with Gasteiger partial charge in [-0.25, -0.2) is 0 Å². The Balaban J connectivity index is 3.51. The van der Waals surface area contributed by atoms with E-state index in [4.69, 9.17) is 4.74 Å². The highest BCUT2D eigenvalue weighted by Gasteiger charge is 2.20. The van der Waals surface area contributed by atoms with E-state index in [1.54, 1.807) is 0 Å². The first kappa shape index (κ1) is 12.1. The first-order valence-electron chi connectivity index (χ1n) is 4.76. The summed E-state index contributed by atoms with van der Waals surface area (Å²) in [5.74, 6) is -0.515. The highest BCUT2D eigenvalue weighted by atomic mass is 16.5. The molecule has 0 aliphatic rings. The van der Waals surface area contributed by atoms with Gasteiger partial charge in [0.25, 0.3) is 0 Å². The second-order valence-corrected chi connectivity index (χ2v) is 3.35. The zero-order valence-corrected chi connectivity index (χ0v) is 9.28. The third-order valence-corrected chi connectivity index (χ3v) is 2.27. The van der Waals surface area contributed by atoms with E-state index in [2.05, 4.69) is 6.58 Å². The third kappa shape index (κ3) is 2.00. The van der Waals surface area contributed by atoms with Crippen molar-refractivity contribution in [2.24, 2.45) is 0 Å². The smallest absolute Gasteiger partial charge is 0.167 e. The number of rotatable bonds is 4. The number of ether oxygens (including phenoxy) is 1. The van der Waals surface area contributed by atoms with Gasteiger partial charge < -0.3 is 14.9 Å². The maximum atomic E-state index is 11.4. The number of phenols is 2. The van der Waals surface area contributed by atoms with Gasteiger partial charge in [0, 0.05) is 11.6 Å². The Kier molecular flexibility index (Phi) is 3.55. The van der Waals surface area contributed by atoms with Crippen LogP contribution in [0.5, 0.6) is 17.2 Å². The van der Waals surface area contributed by atoms with Gasteiger partial charge in [-0.1, -0.05) is 6.08 Å². The number of carbonyl (C=O) groups is 1. The molecule has 1 rings (SSSR count). The summed E-state index contributed by atoms with van der Waals surface area (Å²) in [4.78, 5) is 11.4. The largest absolute Gasteiger partial charge is 0.507 e. The average Bonchev–Trinajstić information content (AvgIpc) is 2.22. The number of hydrogen-bond donors (Lipinski definition) is 2. The molecule has 86 valence electrons. The van der Waals surface area contributed by atoms with Crippen molar-refractivity contribution >= 4 is 5.78 Å². The van der Waals surface area contributed by atoms with Gasteiger partial charge in [0.15, 0.2) is 5.78 Å². The van der Waals surface area contributed by atoms with Gasteiger partial charge in [-0.2, -0.15) is 0 Å². The number of aromatic hydroxyl groups is 2. The number of ketones is 1. The molecule has 0 fully saturated rings. The summed E-state index contributed by atoms with van der Waals surface area (Å²) in [5, 5.41) is 19.5. The molecule has 0 amide bonds. The Morgan fingerprint density at radius 2 is 2.19 bits per heavy atom. The summed E-state index contributed by atoms with van der Waals surface area (Å²) in [6, 6.07) is 1.31. The second-order valence-electron chi connectivity index (χ2n) is 3.35. The normalized spacial score (nSPS) is 9.88. The molecule has 0 aliphatic heterocycles. The molecular formula is C12H14O4. The fraction of sp³-hybridized carbons (Fsp3) is 0.250. The van der Waals surface area contributed by atoms with E-state index < -0.39 is 0 Å². The quantitative estimate of drug-likeness (QED) is 0.604. The van der Waals surface area contributed by atoms with Crippen molar-refractivity contribution in [2.75, 3.05) is 7.11 Å². The Morgan fingerprint density at radius 1 is 1.56 bits per heavy atom. The van der Waals surface area contributed by atoms with Gasteiger partial charge >= 0.3 is 0 Å². The van der Waals surface area contributed by atoms with E-state index in [-0.39, 0.29) is 40.6 Å². The van der Waals surface area contributed by atoms with Gasteiger partial charge in [0.1, 0.15) is 22.8 Å². The van der Waals surface area contributed by atoms with Crippen LogP contribution in [0.4, 0.5) is 0 Å². The van der Waals surface area contributed by atoms with Gasteiger partial charge in [0.05, 0.1) is 7.11 Å². The van der Waals surface area contributed by atoms with Crippen molar-refractivity contribution in [2.45, 2.75) is 13.3 Å². The van der Waals surface area contributed by atoms with E-state index >= 15 is 0 Å². The Hall–Kier alpha value is -1.97. The van der Waals surface area contributed by atoms with Gasteiger partial charge in [-0.15, -0.1) is 6.58 Å². The zero-order chi connectivity index (χ0) is 12.3. The number of phenolic OH excluding ortho intramolecular Hbond substituents is 2. The number of Topliss-reactive ketones (excluding diaryl/α,β-unsaturated/α-hetero) is 1. The molecule has 0 aromatic heterocycles.